The van der Waals surface area contributed by atoms with Gasteiger partial charge in [-0.15, -0.1) is 0 Å². The molecule has 11 nitrogen and oxygen atoms in total. The summed E-state index contributed by atoms with van der Waals surface area (Å²) < 4.78 is 0. The summed E-state index contributed by atoms with van der Waals surface area (Å²) in [7, 11) is 0. The molecule has 3 amide bonds. The Labute approximate surface area is 223 Å². The van der Waals surface area contributed by atoms with Crippen molar-refractivity contribution in [3.8, 4) is 0 Å². The monoisotopic (exact) mass is 528 g/mol. The number of carbonyl (C=O) groups is 4. The maximum Gasteiger partial charge on any atom is 0.326 e. The average molecular weight is 529 g/mol. The van der Waals surface area contributed by atoms with Gasteiger partial charge in [0.15, 0.2) is 0 Å². The van der Waals surface area contributed by atoms with Crippen LogP contribution in [0.1, 0.15) is 51.8 Å². The quantitative estimate of drug-likeness (QED) is 0.201. The van der Waals surface area contributed by atoms with Crippen molar-refractivity contribution in [2.75, 3.05) is 0 Å². The van der Waals surface area contributed by atoms with Crippen LogP contribution in [-0.4, -0.2) is 62.9 Å². The van der Waals surface area contributed by atoms with Crippen molar-refractivity contribution < 1.29 is 24.3 Å². The number of carbonyl (C=O) groups excluding carboxylic acids is 3. The second-order valence-corrected chi connectivity index (χ2v) is 9.72. The number of H-pyrrole nitrogens is 1. The van der Waals surface area contributed by atoms with Gasteiger partial charge >= 0.3 is 5.97 Å². The van der Waals surface area contributed by atoms with Crippen LogP contribution in [0.25, 0.3) is 0 Å². The van der Waals surface area contributed by atoms with Crippen LogP contribution < -0.4 is 21.7 Å². The zero-order chi connectivity index (χ0) is 28.2. The minimum atomic E-state index is -1.17. The largest absolute Gasteiger partial charge is 0.480 e. The fourth-order valence-corrected chi connectivity index (χ4v) is 3.94. The highest BCUT2D eigenvalue weighted by molar-refractivity contribution is 5.94. The highest BCUT2D eigenvalue weighted by Crippen LogP contribution is 2.13. The van der Waals surface area contributed by atoms with Crippen molar-refractivity contribution in [1.29, 1.82) is 0 Å². The molecule has 7 N–H and O–H groups in total. The first-order valence-corrected chi connectivity index (χ1v) is 13.0. The second-order valence-electron chi connectivity index (χ2n) is 9.72. The maximum absolute atomic E-state index is 13.4. The third-order valence-corrected chi connectivity index (χ3v) is 6.82. The van der Waals surface area contributed by atoms with Crippen molar-refractivity contribution >= 4 is 23.7 Å². The predicted molar refractivity (Wildman–Crippen MR) is 143 cm³/mol. The Kier molecular flexibility index (Phi) is 11.9. The van der Waals surface area contributed by atoms with Crippen molar-refractivity contribution in [2.45, 2.75) is 77.5 Å². The zero-order valence-corrected chi connectivity index (χ0v) is 22.4. The van der Waals surface area contributed by atoms with Crippen LogP contribution in [0.15, 0.2) is 42.9 Å². The lowest BCUT2D eigenvalue weighted by Crippen LogP contribution is -2.60. The third kappa shape index (κ3) is 8.98. The number of benzene rings is 1. The lowest BCUT2D eigenvalue weighted by atomic mass is 9.94. The molecule has 1 heterocycles. The number of nitrogens with zero attached hydrogens (tertiary/aromatic N) is 1. The molecule has 0 fully saturated rings. The number of aromatic amines is 1. The first kappa shape index (κ1) is 30.5. The summed E-state index contributed by atoms with van der Waals surface area (Å²) in [5, 5.41) is 17.8. The molecule has 1 aromatic carbocycles. The van der Waals surface area contributed by atoms with Gasteiger partial charge in [0.2, 0.25) is 17.7 Å². The highest BCUT2D eigenvalue weighted by Gasteiger charge is 2.34. The number of amides is 3. The number of hydrogen-bond acceptors (Lipinski definition) is 6. The number of aliphatic carboxylic acids is 1. The molecule has 2 aromatic rings. The van der Waals surface area contributed by atoms with E-state index >= 15 is 0 Å². The van der Waals surface area contributed by atoms with E-state index < -0.39 is 47.9 Å². The topological polar surface area (TPSA) is 179 Å². The van der Waals surface area contributed by atoms with E-state index in [1.165, 1.54) is 6.33 Å². The Hall–Kier alpha value is -3.73. The molecular weight excluding hydrogens is 488 g/mol. The summed E-state index contributed by atoms with van der Waals surface area (Å²) in [5.41, 5.74) is 7.50. The molecule has 208 valence electrons. The van der Waals surface area contributed by atoms with E-state index in [0.717, 1.165) is 5.56 Å². The molecular formula is C27H40N6O5. The van der Waals surface area contributed by atoms with Gasteiger partial charge in [-0.05, 0) is 17.4 Å². The van der Waals surface area contributed by atoms with Gasteiger partial charge in [0.1, 0.15) is 18.1 Å². The number of carboxylic acids is 1. The van der Waals surface area contributed by atoms with Gasteiger partial charge in [-0.3, -0.25) is 14.4 Å². The number of imidazole rings is 1. The Balaban J connectivity index is 2.14. The fourth-order valence-electron chi connectivity index (χ4n) is 3.94. The van der Waals surface area contributed by atoms with Crippen LogP contribution in [0.4, 0.5) is 0 Å². The summed E-state index contributed by atoms with van der Waals surface area (Å²) in [6, 6.07) is 4.98. The van der Waals surface area contributed by atoms with E-state index in [-0.39, 0.29) is 24.7 Å². The van der Waals surface area contributed by atoms with Crippen LogP contribution in [0, 0.1) is 11.8 Å². The van der Waals surface area contributed by atoms with E-state index in [9.17, 15) is 24.3 Å². The fraction of sp³-hybridized carbons (Fsp3) is 0.519. The molecule has 1 aromatic heterocycles. The molecule has 0 aliphatic heterocycles. The SMILES string of the molecule is CCC(C)C(NC(=O)C(N)Cc1cnc[nH]1)C(=O)NC(C(=O)NC(Cc1ccccc1)C(=O)O)C(C)CC. The van der Waals surface area contributed by atoms with Gasteiger partial charge in [-0.1, -0.05) is 70.9 Å². The minimum absolute atomic E-state index is 0.100. The molecule has 0 aliphatic carbocycles. The van der Waals surface area contributed by atoms with Crippen LogP contribution in [-0.2, 0) is 32.0 Å². The van der Waals surface area contributed by atoms with Gasteiger partial charge in [0.25, 0.3) is 0 Å². The Bertz CT molecular complexity index is 1050. The Morgan fingerprint density at radius 3 is 1.95 bits per heavy atom. The number of nitrogens with one attached hydrogen (secondary N) is 4. The van der Waals surface area contributed by atoms with E-state index in [2.05, 4.69) is 25.9 Å². The van der Waals surface area contributed by atoms with Gasteiger partial charge < -0.3 is 31.8 Å². The van der Waals surface area contributed by atoms with E-state index in [4.69, 9.17) is 5.73 Å². The molecule has 6 atom stereocenters. The van der Waals surface area contributed by atoms with E-state index in [0.29, 0.717) is 18.5 Å². The van der Waals surface area contributed by atoms with Gasteiger partial charge in [0, 0.05) is 24.7 Å². The number of nitrogens with two attached hydrogens (primary N) is 1. The van der Waals surface area contributed by atoms with E-state index in [1.54, 1.807) is 37.4 Å². The lowest BCUT2D eigenvalue weighted by Gasteiger charge is -2.30. The molecule has 11 heteroatoms. The third-order valence-electron chi connectivity index (χ3n) is 6.82. The van der Waals surface area contributed by atoms with Crippen molar-refractivity contribution in [3.05, 3.63) is 54.1 Å². The van der Waals surface area contributed by atoms with Crippen molar-refractivity contribution in [1.82, 2.24) is 25.9 Å². The molecule has 0 spiro atoms. The minimum Gasteiger partial charge on any atom is -0.480 e. The molecule has 6 unspecified atom stereocenters. The number of carboxylic acid groups (broad SMARTS) is 1. The standard InChI is InChI=1S/C27H40N6O5/c1-5-16(3)22(25(35)31-21(27(37)38)12-18-10-8-7-9-11-18)33-26(36)23(17(4)6-2)32-24(34)20(28)13-19-14-29-15-30-19/h7-11,14-17,20-23H,5-6,12-13,28H2,1-4H3,(H,29,30)(H,31,35)(H,32,34)(H,33,36)(H,37,38). The maximum atomic E-state index is 13.4. The molecule has 0 bridgehead atoms. The first-order valence-electron chi connectivity index (χ1n) is 13.0. The van der Waals surface area contributed by atoms with Crippen molar-refractivity contribution in [3.63, 3.8) is 0 Å². The summed E-state index contributed by atoms with van der Waals surface area (Å²) >= 11 is 0. The predicted octanol–water partition coefficient (Wildman–Crippen LogP) is 1.15. The van der Waals surface area contributed by atoms with Crippen LogP contribution >= 0.6 is 0 Å². The van der Waals surface area contributed by atoms with E-state index in [1.807, 2.05) is 26.8 Å². The van der Waals surface area contributed by atoms with Crippen LogP contribution in [0.2, 0.25) is 0 Å². The molecule has 0 saturated heterocycles. The zero-order valence-electron chi connectivity index (χ0n) is 22.4. The number of aromatic nitrogens is 2. The molecule has 2 rings (SSSR count). The van der Waals surface area contributed by atoms with Gasteiger partial charge in [-0.25, -0.2) is 9.78 Å². The Morgan fingerprint density at radius 1 is 0.895 bits per heavy atom. The van der Waals surface area contributed by atoms with Crippen molar-refractivity contribution in [2.24, 2.45) is 17.6 Å². The normalized spacial score (nSPS) is 15.8. The van der Waals surface area contributed by atoms with Gasteiger partial charge in [-0.2, -0.15) is 0 Å². The second kappa shape index (κ2) is 14.9. The summed E-state index contributed by atoms with van der Waals surface area (Å²) in [6.45, 7) is 7.39. The average Bonchev–Trinajstić information content (AvgIpc) is 3.42. The van der Waals surface area contributed by atoms with Crippen LogP contribution in [0.5, 0.6) is 0 Å². The van der Waals surface area contributed by atoms with Gasteiger partial charge in [0.05, 0.1) is 12.4 Å². The molecule has 0 saturated carbocycles. The molecule has 0 radical (unpaired) electrons. The number of rotatable bonds is 15. The lowest BCUT2D eigenvalue weighted by molar-refractivity contribution is -0.142. The van der Waals surface area contributed by atoms with Crippen LogP contribution in [0.3, 0.4) is 0 Å². The molecule has 0 aliphatic rings. The highest BCUT2D eigenvalue weighted by atomic mass is 16.4. The summed E-state index contributed by atoms with van der Waals surface area (Å²) in [5.74, 6) is -3.34. The Morgan fingerprint density at radius 2 is 1.45 bits per heavy atom. The first-order chi connectivity index (χ1) is 18.1. The number of hydrogen-bond donors (Lipinski definition) is 6. The molecule has 38 heavy (non-hydrogen) atoms. The summed E-state index contributed by atoms with van der Waals surface area (Å²) in [4.78, 5) is 58.1. The summed E-state index contributed by atoms with van der Waals surface area (Å²) in [6.07, 6.45) is 4.53. The smallest absolute Gasteiger partial charge is 0.326 e.